The number of rotatable bonds is 4. The van der Waals surface area contributed by atoms with E-state index in [1.165, 1.54) is 6.92 Å². The molecule has 0 bridgehead atoms. The Morgan fingerprint density at radius 2 is 2.17 bits per heavy atom. The van der Waals surface area contributed by atoms with Gasteiger partial charge in [-0.05, 0) is 6.92 Å². The normalized spacial score (nSPS) is 18.4. The van der Waals surface area contributed by atoms with Gasteiger partial charge < -0.3 is 9.84 Å². The molecule has 0 unspecified atom stereocenters. The Hall–Kier alpha value is -1.10. The highest BCUT2D eigenvalue weighted by atomic mass is 16.7. The van der Waals surface area contributed by atoms with Crippen LogP contribution < -0.4 is 5.32 Å². The molecule has 0 spiro atoms. The number of ether oxygens (including phenoxy) is 1. The number of ketones is 1. The molecule has 12 heavy (non-hydrogen) atoms. The first kappa shape index (κ1) is 8.99. The van der Waals surface area contributed by atoms with Gasteiger partial charge in [-0.3, -0.25) is 10.1 Å². The van der Waals surface area contributed by atoms with Crippen molar-refractivity contribution in [3.8, 4) is 0 Å². The highest BCUT2D eigenvalue weighted by Crippen LogP contribution is 2.36. The molecule has 1 rings (SSSR count). The standard InChI is InChI=1S/C7H11NO4/c1-5(9)4-8-7(2-3-7)12-6(10)11/h8H,2-4H2,1H3,(H,10,11). The van der Waals surface area contributed by atoms with E-state index in [9.17, 15) is 9.59 Å². The van der Waals surface area contributed by atoms with Gasteiger partial charge in [0.15, 0.2) is 5.72 Å². The molecule has 1 aliphatic rings. The summed E-state index contributed by atoms with van der Waals surface area (Å²) in [6.45, 7) is 1.59. The van der Waals surface area contributed by atoms with E-state index < -0.39 is 11.9 Å². The third-order valence-corrected chi connectivity index (χ3v) is 1.65. The van der Waals surface area contributed by atoms with Crippen molar-refractivity contribution >= 4 is 11.9 Å². The Balaban J connectivity index is 2.30. The lowest BCUT2D eigenvalue weighted by Crippen LogP contribution is -2.38. The van der Waals surface area contributed by atoms with Crippen LogP contribution in [0.5, 0.6) is 0 Å². The highest BCUT2D eigenvalue weighted by molar-refractivity contribution is 5.77. The van der Waals surface area contributed by atoms with Gasteiger partial charge in [-0.15, -0.1) is 0 Å². The summed E-state index contributed by atoms with van der Waals surface area (Å²) in [6.07, 6.45) is -0.0114. The largest absolute Gasteiger partial charge is 0.507 e. The number of carbonyl (C=O) groups excluding carboxylic acids is 1. The number of Topliss-reactive ketones (excluding diaryl/α,β-unsaturated/α-hetero) is 1. The summed E-state index contributed by atoms with van der Waals surface area (Å²) in [4.78, 5) is 20.7. The van der Waals surface area contributed by atoms with E-state index in [-0.39, 0.29) is 12.3 Å². The average molecular weight is 173 g/mol. The molecule has 0 aromatic rings. The lowest BCUT2D eigenvalue weighted by molar-refractivity contribution is -0.117. The first-order valence-corrected chi connectivity index (χ1v) is 3.70. The molecule has 0 atom stereocenters. The van der Waals surface area contributed by atoms with Crippen molar-refractivity contribution in [3.05, 3.63) is 0 Å². The molecule has 0 saturated heterocycles. The fourth-order valence-corrected chi connectivity index (χ4v) is 0.881. The van der Waals surface area contributed by atoms with Crippen LogP contribution in [0.25, 0.3) is 0 Å². The zero-order valence-corrected chi connectivity index (χ0v) is 6.79. The zero-order valence-electron chi connectivity index (χ0n) is 6.79. The van der Waals surface area contributed by atoms with E-state index in [0.717, 1.165) is 0 Å². The van der Waals surface area contributed by atoms with Crippen LogP contribution in [-0.2, 0) is 9.53 Å². The van der Waals surface area contributed by atoms with Crippen LogP contribution in [-0.4, -0.2) is 29.3 Å². The van der Waals surface area contributed by atoms with Crippen molar-refractivity contribution in [2.75, 3.05) is 6.54 Å². The Morgan fingerprint density at radius 3 is 2.50 bits per heavy atom. The monoisotopic (exact) mass is 173 g/mol. The molecule has 5 nitrogen and oxygen atoms in total. The maximum atomic E-state index is 10.5. The van der Waals surface area contributed by atoms with E-state index in [1.807, 2.05) is 0 Å². The van der Waals surface area contributed by atoms with Crippen LogP contribution in [0, 0.1) is 0 Å². The van der Waals surface area contributed by atoms with E-state index in [4.69, 9.17) is 5.11 Å². The predicted octanol–water partition coefficient (Wildman–Crippen LogP) is 0.350. The summed E-state index contributed by atoms with van der Waals surface area (Å²) < 4.78 is 4.55. The predicted molar refractivity (Wildman–Crippen MR) is 39.8 cm³/mol. The SMILES string of the molecule is CC(=O)CNC1(OC(=O)O)CC1. The van der Waals surface area contributed by atoms with Crippen LogP contribution in [0.2, 0.25) is 0 Å². The molecule has 0 aliphatic heterocycles. The molecule has 0 heterocycles. The van der Waals surface area contributed by atoms with Crippen molar-refractivity contribution in [1.82, 2.24) is 5.32 Å². The molecule has 1 fully saturated rings. The Kier molecular flexibility index (Phi) is 2.32. The van der Waals surface area contributed by atoms with E-state index in [0.29, 0.717) is 12.8 Å². The molecule has 0 aromatic carbocycles. The van der Waals surface area contributed by atoms with Gasteiger partial charge >= 0.3 is 6.16 Å². The lowest BCUT2D eigenvalue weighted by atomic mass is 10.4. The van der Waals surface area contributed by atoms with Gasteiger partial charge in [0, 0.05) is 12.8 Å². The van der Waals surface area contributed by atoms with Crippen molar-refractivity contribution in [2.24, 2.45) is 0 Å². The van der Waals surface area contributed by atoms with Gasteiger partial charge in [0.25, 0.3) is 0 Å². The molecule has 2 N–H and O–H groups in total. The number of hydrogen-bond acceptors (Lipinski definition) is 4. The zero-order chi connectivity index (χ0) is 9.19. The summed E-state index contributed by atoms with van der Waals surface area (Å²) in [7, 11) is 0. The summed E-state index contributed by atoms with van der Waals surface area (Å²) >= 11 is 0. The molecule has 68 valence electrons. The maximum Gasteiger partial charge on any atom is 0.507 e. The lowest BCUT2D eigenvalue weighted by Gasteiger charge is -2.14. The molecule has 0 aromatic heterocycles. The summed E-state index contributed by atoms with van der Waals surface area (Å²) in [5, 5.41) is 11.1. The number of carboxylic acid groups (broad SMARTS) is 1. The molecule has 1 saturated carbocycles. The fourth-order valence-electron chi connectivity index (χ4n) is 0.881. The minimum Gasteiger partial charge on any atom is -0.450 e. The van der Waals surface area contributed by atoms with E-state index >= 15 is 0 Å². The minimum absolute atomic E-state index is 0.0322. The topological polar surface area (TPSA) is 75.6 Å². The maximum absolute atomic E-state index is 10.5. The van der Waals surface area contributed by atoms with Gasteiger partial charge in [-0.1, -0.05) is 0 Å². The van der Waals surface area contributed by atoms with Crippen LogP contribution in [0.15, 0.2) is 0 Å². The highest BCUT2D eigenvalue weighted by Gasteiger charge is 2.46. The van der Waals surface area contributed by atoms with E-state index in [1.54, 1.807) is 0 Å². The van der Waals surface area contributed by atoms with Gasteiger partial charge in [0.05, 0.1) is 6.54 Å². The Morgan fingerprint density at radius 1 is 1.58 bits per heavy atom. The van der Waals surface area contributed by atoms with Crippen LogP contribution >= 0.6 is 0 Å². The molecule has 0 amide bonds. The first-order chi connectivity index (χ1) is 5.54. The number of hydrogen-bond donors (Lipinski definition) is 2. The second-order valence-electron chi connectivity index (χ2n) is 2.92. The van der Waals surface area contributed by atoms with Gasteiger partial charge in [-0.2, -0.15) is 0 Å². The summed E-state index contributed by atoms with van der Waals surface area (Å²) in [6, 6.07) is 0. The number of carbonyl (C=O) groups is 2. The van der Waals surface area contributed by atoms with Gasteiger partial charge in [0.1, 0.15) is 5.78 Å². The van der Waals surface area contributed by atoms with Crippen molar-refractivity contribution in [1.29, 1.82) is 0 Å². The Bertz CT molecular complexity index is 209. The van der Waals surface area contributed by atoms with Crippen molar-refractivity contribution in [2.45, 2.75) is 25.5 Å². The molecule has 1 aliphatic carbocycles. The quantitative estimate of drug-likeness (QED) is 0.474. The minimum atomic E-state index is -1.30. The Labute approximate surface area is 69.7 Å². The van der Waals surface area contributed by atoms with Crippen molar-refractivity contribution in [3.63, 3.8) is 0 Å². The van der Waals surface area contributed by atoms with Crippen LogP contribution in [0.1, 0.15) is 19.8 Å². The molecule has 0 radical (unpaired) electrons. The van der Waals surface area contributed by atoms with Crippen molar-refractivity contribution < 1.29 is 19.4 Å². The third kappa shape index (κ3) is 2.50. The van der Waals surface area contributed by atoms with E-state index in [2.05, 4.69) is 10.1 Å². The third-order valence-electron chi connectivity index (χ3n) is 1.65. The fraction of sp³-hybridized carbons (Fsp3) is 0.714. The molecular weight excluding hydrogens is 162 g/mol. The average Bonchev–Trinajstić information content (AvgIpc) is 2.64. The molecule has 5 heteroatoms. The number of nitrogens with one attached hydrogen (secondary N) is 1. The smallest absolute Gasteiger partial charge is 0.450 e. The van der Waals surface area contributed by atoms with Gasteiger partial charge in [0.2, 0.25) is 0 Å². The first-order valence-electron chi connectivity index (χ1n) is 3.70. The molecular formula is C7H11NO4. The second-order valence-corrected chi connectivity index (χ2v) is 2.92. The summed E-state index contributed by atoms with van der Waals surface area (Å²) in [5.74, 6) is -0.0322. The van der Waals surface area contributed by atoms with Crippen LogP contribution in [0.3, 0.4) is 0 Å². The van der Waals surface area contributed by atoms with Crippen LogP contribution in [0.4, 0.5) is 4.79 Å². The van der Waals surface area contributed by atoms with Gasteiger partial charge in [-0.25, -0.2) is 4.79 Å². The summed E-state index contributed by atoms with van der Waals surface area (Å²) in [5.41, 5.74) is -0.766. The second kappa shape index (κ2) is 3.10.